The molecule has 7 heteroatoms. The first-order chi connectivity index (χ1) is 23.8. The molecule has 0 heterocycles. The lowest BCUT2D eigenvalue weighted by atomic mass is 9.84. The van der Waals surface area contributed by atoms with Crippen LogP contribution in [0.25, 0.3) is 0 Å². The number of carbonyl (C=O) groups is 3. The van der Waals surface area contributed by atoms with Crippen LogP contribution in [0.4, 0.5) is 0 Å². The molecule has 0 spiro atoms. The maximum absolute atomic E-state index is 13.1. The molecular formula is C42H81NO6. The minimum atomic E-state index is -0.201. The summed E-state index contributed by atoms with van der Waals surface area (Å²) in [6, 6.07) is 0. The maximum atomic E-state index is 13.1. The van der Waals surface area contributed by atoms with Crippen LogP contribution in [0, 0.1) is 5.41 Å². The Morgan fingerprint density at radius 1 is 0.490 bits per heavy atom. The largest absolute Gasteiger partial charge is 0.464 e. The van der Waals surface area contributed by atoms with Crippen molar-refractivity contribution in [1.29, 1.82) is 0 Å². The zero-order chi connectivity index (χ0) is 36.3. The van der Waals surface area contributed by atoms with Gasteiger partial charge in [-0.25, -0.2) is 0 Å². The van der Waals surface area contributed by atoms with E-state index in [1.54, 1.807) is 4.90 Å². The van der Waals surface area contributed by atoms with E-state index in [0.717, 1.165) is 51.4 Å². The number of aliphatic hydroxyl groups excluding tert-OH is 1. The molecule has 0 saturated carbocycles. The summed E-state index contributed by atoms with van der Waals surface area (Å²) in [5.41, 5.74) is 0.0572. The Bertz CT molecular complexity index is 726. The Balaban J connectivity index is 4.34. The Morgan fingerprint density at radius 2 is 0.837 bits per heavy atom. The van der Waals surface area contributed by atoms with Crippen LogP contribution in [0.15, 0.2) is 0 Å². The van der Waals surface area contributed by atoms with Gasteiger partial charge in [-0.15, -0.1) is 0 Å². The number of nitrogens with zero attached hydrogens (tertiary/aromatic N) is 1. The van der Waals surface area contributed by atoms with E-state index in [9.17, 15) is 19.5 Å². The first-order valence-corrected chi connectivity index (χ1v) is 21.0. The minimum absolute atomic E-state index is 0.00258. The zero-order valence-corrected chi connectivity index (χ0v) is 33.0. The Kier molecular flexibility index (Phi) is 33.6. The van der Waals surface area contributed by atoms with E-state index in [1.807, 2.05) is 0 Å². The summed E-state index contributed by atoms with van der Waals surface area (Å²) in [6.45, 7) is 9.93. The van der Waals surface area contributed by atoms with Crippen LogP contribution in [-0.2, 0) is 23.9 Å². The molecule has 0 aromatic heterocycles. The van der Waals surface area contributed by atoms with Gasteiger partial charge in [0.05, 0.1) is 13.1 Å². The summed E-state index contributed by atoms with van der Waals surface area (Å²) < 4.78 is 11.0. The lowest BCUT2D eigenvalue weighted by Gasteiger charge is -2.24. The molecule has 0 fully saturated rings. The number of ether oxygens (including phenoxy) is 2. The van der Waals surface area contributed by atoms with Crippen LogP contribution in [0.3, 0.4) is 0 Å². The van der Waals surface area contributed by atoms with E-state index < -0.39 is 0 Å². The lowest BCUT2D eigenvalue weighted by Crippen LogP contribution is -2.37. The van der Waals surface area contributed by atoms with Crippen molar-refractivity contribution in [3.05, 3.63) is 0 Å². The first kappa shape index (κ1) is 47.4. The summed E-state index contributed by atoms with van der Waals surface area (Å²) in [4.78, 5) is 39.5. The highest BCUT2D eigenvalue weighted by Gasteiger charge is 2.19. The van der Waals surface area contributed by atoms with Crippen molar-refractivity contribution in [2.75, 3.05) is 32.9 Å². The molecule has 0 atom stereocenters. The molecule has 0 aliphatic rings. The number of hydrogen-bond donors (Lipinski definition) is 1. The smallest absolute Gasteiger partial charge is 0.305 e. The summed E-state index contributed by atoms with van der Waals surface area (Å²) >= 11 is 0. The predicted molar refractivity (Wildman–Crippen MR) is 205 cm³/mol. The predicted octanol–water partition coefficient (Wildman–Crippen LogP) is 11.3. The van der Waals surface area contributed by atoms with Crippen molar-refractivity contribution < 1.29 is 29.0 Å². The number of hydrogen-bond acceptors (Lipinski definition) is 6. The quantitative estimate of drug-likeness (QED) is 0.0513. The van der Waals surface area contributed by atoms with Gasteiger partial charge in [-0.1, -0.05) is 163 Å². The second-order valence-corrected chi connectivity index (χ2v) is 15.2. The second kappa shape index (κ2) is 34.8. The van der Waals surface area contributed by atoms with E-state index in [2.05, 4.69) is 27.7 Å². The van der Waals surface area contributed by atoms with Crippen molar-refractivity contribution in [1.82, 2.24) is 4.90 Å². The van der Waals surface area contributed by atoms with Crippen molar-refractivity contribution in [2.24, 2.45) is 5.41 Å². The van der Waals surface area contributed by atoms with E-state index in [-0.39, 0.29) is 43.1 Å². The fraction of sp³-hybridized carbons (Fsp3) is 0.929. The van der Waals surface area contributed by atoms with E-state index in [4.69, 9.17) is 9.47 Å². The van der Waals surface area contributed by atoms with Crippen LogP contribution >= 0.6 is 0 Å². The van der Waals surface area contributed by atoms with E-state index in [1.165, 1.54) is 116 Å². The molecule has 0 radical (unpaired) electrons. The highest BCUT2D eigenvalue weighted by atomic mass is 16.5. The fourth-order valence-corrected chi connectivity index (χ4v) is 6.38. The molecule has 0 unspecified atom stereocenters. The normalized spacial score (nSPS) is 11.5. The van der Waals surface area contributed by atoms with E-state index >= 15 is 0 Å². The van der Waals surface area contributed by atoms with Gasteiger partial charge >= 0.3 is 11.9 Å². The molecule has 0 aromatic rings. The summed E-state index contributed by atoms with van der Waals surface area (Å²) in [7, 11) is 0. The molecule has 1 N–H and O–H groups in total. The number of aliphatic hydroxyl groups is 1. The third kappa shape index (κ3) is 33.3. The zero-order valence-electron chi connectivity index (χ0n) is 33.0. The Morgan fingerprint density at radius 3 is 1.20 bits per heavy atom. The highest BCUT2D eigenvalue weighted by Crippen LogP contribution is 2.27. The summed E-state index contributed by atoms with van der Waals surface area (Å²) in [6.07, 6.45) is 31.9. The first-order valence-electron chi connectivity index (χ1n) is 21.0. The van der Waals surface area contributed by atoms with Crippen molar-refractivity contribution in [3.63, 3.8) is 0 Å². The van der Waals surface area contributed by atoms with Crippen LogP contribution in [0.5, 0.6) is 0 Å². The van der Waals surface area contributed by atoms with Gasteiger partial charge in [0, 0.05) is 25.9 Å². The van der Waals surface area contributed by atoms with Crippen molar-refractivity contribution in [2.45, 2.75) is 214 Å². The monoisotopic (exact) mass is 696 g/mol. The number of unbranched alkanes of at least 4 members (excludes halogenated alkanes) is 21. The van der Waals surface area contributed by atoms with Crippen molar-refractivity contribution >= 4 is 17.8 Å². The van der Waals surface area contributed by atoms with Crippen LogP contribution in [0.2, 0.25) is 0 Å². The third-order valence-corrected chi connectivity index (χ3v) is 9.85. The molecule has 0 saturated heterocycles. The van der Waals surface area contributed by atoms with Crippen LogP contribution in [-0.4, -0.2) is 60.8 Å². The van der Waals surface area contributed by atoms with Gasteiger partial charge in [-0.05, 0) is 37.5 Å². The molecule has 0 aromatic carbocycles. The Hall–Kier alpha value is -1.63. The molecule has 0 aliphatic carbocycles. The van der Waals surface area contributed by atoms with Gasteiger partial charge in [0.1, 0.15) is 13.2 Å². The molecular weight excluding hydrogens is 614 g/mol. The third-order valence-electron chi connectivity index (χ3n) is 9.85. The lowest BCUT2D eigenvalue weighted by molar-refractivity contribution is -0.147. The van der Waals surface area contributed by atoms with Crippen LogP contribution in [0.1, 0.15) is 214 Å². The molecule has 0 aliphatic heterocycles. The maximum Gasteiger partial charge on any atom is 0.305 e. The topological polar surface area (TPSA) is 93.1 Å². The number of carbonyl (C=O) groups excluding carboxylic acids is 3. The molecule has 7 nitrogen and oxygen atoms in total. The van der Waals surface area contributed by atoms with E-state index in [0.29, 0.717) is 32.4 Å². The van der Waals surface area contributed by atoms with Crippen LogP contribution < -0.4 is 0 Å². The van der Waals surface area contributed by atoms with Crippen molar-refractivity contribution in [3.8, 4) is 0 Å². The fourth-order valence-electron chi connectivity index (χ4n) is 6.38. The van der Waals surface area contributed by atoms with Gasteiger partial charge < -0.3 is 19.5 Å². The highest BCUT2D eigenvalue weighted by molar-refractivity contribution is 5.76. The number of esters is 2. The molecule has 0 rings (SSSR count). The number of amides is 1. The average molecular weight is 696 g/mol. The molecule has 290 valence electrons. The van der Waals surface area contributed by atoms with Gasteiger partial charge in [-0.2, -0.15) is 0 Å². The van der Waals surface area contributed by atoms with Gasteiger partial charge in [-0.3, -0.25) is 14.4 Å². The van der Waals surface area contributed by atoms with Gasteiger partial charge in [0.15, 0.2) is 0 Å². The second-order valence-electron chi connectivity index (χ2n) is 15.2. The SMILES string of the molecule is CCCCCCCCCCCCCC(=O)OCCN(CCOC(=O)CCCCCCCCCCCCC)C(=O)CCCCC(C)(C)CCO. The molecule has 0 bridgehead atoms. The Labute approximate surface area is 303 Å². The molecule has 49 heavy (non-hydrogen) atoms. The summed E-state index contributed by atoms with van der Waals surface area (Å²) in [5.74, 6) is -0.400. The standard InChI is InChI=1S/C42H81NO6/c1-5-7-9-11-13-15-17-19-21-23-25-30-40(46)48-37-34-43(39(45)29-27-28-32-42(3,4)33-36-44)35-38-49-41(47)31-26-24-22-20-18-16-14-12-10-8-6-2/h44H,5-38H2,1-4H3. The average Bonchev–Trinajstić information content (AvgIpc) is 3.07. The number of rotatable bonds is 37. The van der Waals surface area contributed by atoms with Gasteiger partial charge in [0.25, 0.3) is 0 Å². The summed E-state index contributed by atoms with van der Waals surface area (Å²) in [5, 5.41) is 9.29. The van der Waals surface area contributed by atoms with Gasteiger partial charge in [0.2, 0.25) is 5.91 Å². The minimum Gasteiger partial charge on any atom is -0.464 e. The molecule has 1 amide bonds.